The molecule has 1 aromatic rings. The van der Waals surface area contributed by atoms with E-state index < -0.39 is 0 Å². The van der Waals surface area contributed by atoms with Crippen molar-refractivity contribution in [2.24, 2.45) is 11.8 Å². The van der Waals surface area contributed by atoms with Gasteiger partial charge in [-0.3, -0.25) is 9.59 Å². The topological polar surface area (TPSA) is 100 Å². The molecule has 9 heteroatoms. The first kappa shape index (κ1) is 25.8. The van der Waals surface area contributed by atoms with Crippen molar-refractivity contribution in [3.63, 3.8) is 0 Å². The molecule has 0 saturated heterocycles. The Balaban J connectivity index is 1.92. The fraction of sp³-hybridized carbons (Fsp3) is 0.640. The van der Waals surface area contributed by atoms with Crippen LogP contribution in [-0.4, -0.2) is 79.7 Å². The molecule has 2 N–H and O–H groups in total. The smallest absolute Gasteiger partial charge is 0.317 e. The average Bonchev–Trinajstić information content (AvgIpc) is 3.63. The highest BCUT2D eigenvalue weighted by Crippen LogP contribution is 2.31. The number of carbonyl (C=O) groups excluding carboxylic acids is 3. The molecule has 1 heterocycles. The summed E-state index contributed by atoms with van der Waals surface area (Å²) in [6.45, 7) is 8.82. The van der Waals surface area contributed by atoms with Gasteiger partial charge in [0.05, 0.1) is 17.7 Å². The van der Waals surface area contributed by atoms with E-state index in [0.29, 0.717) is 30.1 Å². The molecule has 1 aliphatic carbocycles. The molecule has 1 aromatic carbocycles. The summed E-state index contributed by atoms with van der Waals surface area (Å²) in [7, 11) is 3.34. The average molecular weight is 475 g/mol. The summed E-state index contributed by atoms with van der Waals surface area (Å²) in [4.78, 5) is 41.9. The Morgan fingerprint density at radius 1 is 1.18 bits per heavy atom. The van der Waals surface area contributed by atoms with E-state index in [1.54, 1.807) is 42.2 Å². The molecule has 188 valence electrons. The number of anilines is 1. The summed E-state index contributed by atoms with van der Waals surface area (Å²) in [5.41, 5.74) is 0.931. The number of nitrogens with one attached hydrogen (secondary N) is 2. The number of carbonyl (C=O) groups is 3. The zero-order chi connectivity index (χ0) is 25.0. The van der Waals surface area contributed by atoms with E-state index >= 15 is 0 Å². The van der Waals surface area contributed by atoms with E-state index in [2.05, 4.69) is 10.6 Å². The van der Waals surface area contributed by atoms with Gasteiger partial charge in [0.15, 0.2) is 0 Å². The standard InChI is InChI=1S/C25H38N4O5/c1-15(2)26-25(32)29-12-16(3)22(33-6)13-28(5)24(31)20-11-19(27-23(30)18-7-8-18)9-10-21(20)34-14-17(29)4/h9-11,15-18,22H,7-8,12-14H2,1-6H3,(H,26,32)(H,27,30)/t16-,17+,22-/m0/s1. The first-order valence-corrected chi connectivity index (χ1v) is 12.0. The lowest BCUT2D eigenvalue weighted by Crippen LogP contribution is -2.52. The van der Waals surface area contributed by atoms with Crippen LogP contribution in [0.1, 0.15) is 50.9 Å². The van der Waals surface area contributed by atoms with Crippen LogP contribution in [0.3, 0.4) is 0 Å². The maximum Gasteiger partial charge on any atom is 0.317 e. The quantitative estimate of drug-likeness (QED) is 0.699. The normalized spacial score (nSPS) is 24.0. The van der Waals surface area contributed by atoms with Crippen molar-refractivity contribution in [2.45, 2.75) is 58.7 Å². The summed E-state index contributed by atoms with van der Waals surface area (Å²) < 4.78 is 11.8. The van der Waals surface area contributed by atoms with Crippen molar-refractivity contribution in [3.8, 4) is 5.75 Å². The lowest BCUT2D eigenvalue weighted by Gasteiger charge is -2.36. The van der Waals surface area contributed by atoms with Gasteiger partial charge in [0, 0.05) is 50.8 Å². The molecule has 3 rings (SSSR count). The summed E-state index contributed by atoms with van der Waals surface area (Å²) in [6.07, 6.45) is 1.53. The summed E-state index contributed by atoms with van der Waals surface area (Å²) in [6, 6.07) is 4.72. The highest BCUT2D eigenvalue weighted by Gasteiger charge is 2.32. The highest BCUT2D eigenvalue weighted by atomic mass is 16.5. The van der Waals surface area contributed by atoms with Gasteiger partial charge in [-0.15, -0.1) is 0 Å². The van der Waals surface area contributed by atoms with Crippen molar-refractivity contribution < 1.29 is 23.9 Å². The number of rotatable bonds is 4. The van der Waals surface area contributed by atoms with E-state index in [0.717, 1.165) is 12.8 Å². The van der Waals surface area contributed by atoms with Gasteiger partial charge >= 0.3 is 6.03 Å². The molecule has 1 saturated carbocycles. The van der Waals surface area contributed by atoms with Gasteiger partial charge in [-0.25, -0.2) is 4.79 Å². The van der Waals surface area contributed by atoms with Crippen LogP contribution >= 0.6 is 0 Å². The number of hydrogen-bond acceptors (Lipinski definition) is 5. The number of nitrogens with zero attached hydrogens (tertiary/aromatic N) is 2. The molecule has 2 aliphatic rings. The van der Waals surface area contributed by atoms with Crippen molar-refractivity contribution in [1.82, 2.24) is 15.1 Å². The van der Waals surface area contributed by atoms with Gasteiger partial charge in [0.2, 0.25) is 5.91 Å². The Bertz CT molecular complexity index is 901. The monoisotopic (exact) mass is 474 g/mol. The molecule has 0 bridgehead atoms. The molecule has 3 atom stereocenters. The Hall–Kier alpha value is -2.81. The third kappa shape index (κ3) is 6.40. The molecular formula is C25H38N4O5. The molecule has 4 amide bonds. The van der Waals surface area contributed by atoms with E-state index in [4.69, 9.17) is 9.47 Å². The van der Waals surface area contributed by atoms with Gasteiger partial charge in [0.1, 0.15) is 12.4 Å². The van der Waals surface area contributed by atoms with Crippen LogP contribution < -0.4 is 15.4 Å². The molecule has 9 nitrogen and oxygen atoms in total. The molecule has 34 heavy (non-hydrogen) atoms. The zero-order valence-electron chi connectivity index (χ0n) is 21.1. The van der Waals surface area contributed by atoms with Gasteiger partial charge < -0.3 is 29.9 Å². The second kappa shape index (κ2) is 11.1. The molecule has 0 aromatic heterocycles. The third-order valence-electron chi connectivity index (χ3n) is 6.33. The van der Waals surface area contributed by atoms with Crippen LogP contribution in [-0.2, 0) is 9.53 Å². The SMILES string of the molecule is CO[C@H]1CN(C)C(=O)c2cc(NC(=O)C3CC3)ccc2OC[C@@H](C)N(C(=O)NC(C)C)C[C@@H]1C. The lowest BCUT2D eigenvalue weighted by atomic mass is 10.0. The molecule has 1 aliphatic heterocycles. The van der Waals surface area contributed by atoms with Crippen LogP contribution in [0.4, 0.5) is 10.5 Å². The third-order valence-corrected chi connectivity index (χ3v) is 6.33. The molecule has 1 fully saturated rings. The fourth-order valence-electron chi connectivity index (χ4n) is 4.06. The number of benzene rings is 1. The Kier molecular flexibility index (Phi) is 8.41. The first-order chi connectivity index (χ1) is 16.1. The lowest BCUT2D eigenvalue weighted by molar-refractivity contribution is -0.117. The fourth-order valence-corrected chi connectivity index (χ4v) is 4.06. The van der Waals surface area contributed by atoms with E-state index in [1.165, 1.54) is 0 Å². The number of ether oxygens (including phenoxy) is 2. The number of fused-ring (bicyclic) bond motifs is 1. The van der Waals surface area contributed by atoms with Gasteiger partial charge in [0.25, 0.3) is 5.91 Å². The second-order valence-electron chi connectivity index (χ2n) is 9.83. The number of amides is 4. The zero-order valence-corrected chi connectivity index (χ0v) is 21.1. The van der Waals surface area contributed by atoms with Gasteiger partial charge in [-0.1, -0.05) is 6.92 Å². The van der Waals surface area contributed by atoms with Crippen LogP contribution in [0.25, 0.3) is 0 Å². The maximum absolute atomic E-state index is 13.4. The van der Waals surface area contributed by atoms with E-state index in [-0.39, 0.29) is 54.5 Å². The van der Waals surface area contributed by atoms with Crippen LogP contribution in [0.5, 0.6) is 5.75 Å². The molecular weight excluding hydrogens is 436 g/mol. The minimum absolute atomic E-state index is 0.00396. The second-order valence-corrected chi connectivity index (χ2v) is 9.83. The van der Waals surface area contributed by atoms with E-state index in [9.17, 15) is 14.4 Å². The van der Waals surface area contributed by atoms with Crippen molar-refractivity contribution >= 4 is 23.5 Å². The predicted molar refractivity (Wildman–Crippen MR) is 130 cm³/mol. The number of hydrogen-bond donors (Lipinski definition) is 2. The van der Waals surface area contributed by atoms with Crippen LogP contribution in [0.2, 0.25) is 0 Å². The Labute approximate surface area is 202 Å². The van der Waals surface area contributed by atoms with E-state index in [1.807, 2.05) is 27.7 Å². The number of urea groups is 1. The minimum Gasteiger partial charge on any atom is -0.491 e. The van der Waals surface area contributed by atoms with Crippen LogP contribution in [0.15, 0.2) is 18.2 Å². The summed E-state index contributed by atoms with van der Waals surface area (Å²) in [5.74, 6) is 0.213. The number of likely N-dealkylation sites (N-methyl/N-ethyl adjacent to an activating group) is 1. The predicted octanol–water partition coefficient (Wildman–Crippen LogP) is 2.96. The Morgan fingerprint density at radius 3 is 2.50 bits per heavy atom. The van der Waals surface area contributed by atoms with Crippen molar-refractivity contribution in [3.05, 3.63) is 23.8 Å². The largest absolute Gasteiger partial charge is 0.491 e. The van der Waals surface area contributed by atoms with Gasteiger partial charge in [-0.2, -0.15) is 0 Å². The highest BCUT2D eigenvalue weighted by molar-refractivity contribution is 6.00. The van der Waals surface area contributed by atoms with Crippen molar-refractivity contribution in [1.29, 1.82) is 0 Å². The van der Waals surface area contributed by atoms with Gasteiger partial charge in [-0.05, 0) is 51.8 Å². The minimum atomic E-state index is -0.267. The first-order valence-electron chi connectivity index (χ1n) is 12.0. The molecule has 0 radical (unpaired) electrons. The molecule has 0 unspecified atom stereocenters. The number of methoxy groups -OCH3 is 1. The van der Waals surface area contributed by atoms with Crippen LogP contribution in [0, 0.1) is 11.8 Å². The maximum atomic E-state index is 13.4. The summed E-state index contributed by atoms with van der Waals surface area (Å²) >= 11 is 0. The Morgan fingerprint density at radius 2 is 1.88 bits per heavy atom. The van der Waals surface area contributed by atoms with Crippen molar-refractivity contribution in [2.75, 3.05) is 39.2 Å². The summed E-state index contributed by atoms with van der Waals surface area (Å²) in [5, 5.41) is 5.87. The molecule has 0 spiro atoms.